The molecule has 2 aromatic carbocycles. The Bertz CT molecular complexity index is 509. The highest BCUT2D eigenvalue weighted by Crippen LogP contribution is 2.22. The second kappa shape index (κ2) is 4.93. The van der Waals surface area contributed by atoms with Crippen molar-refractivity contribution < 1.29 is 8.78 Å². The van der Waals surface area contributed by atoms with E-state index in [4.69, 9.17) is 5.73 Å². The molecule has 3 N–H and O–H groups in total. The third kappa shape index (κ3) is 2.60. The first-order chi connectivity index (χ1) is 8.20. The van der Waals surface area contributed by atoms with Crippen molar-refractivity contribution in [2.45, 2.75) is 6.54 Å². The van der Waals surface area contributed by atoms with Gasteiger partial charge >= 0.3 is 0 Å². The summed E-state index contributed by atoms with van der Waals surface area (Å²) < 4.78 is 26.2. The molecule has 0 radical (unpaired) electrons. The van der Waals surface area contributed by atoms with Gasteiger partial charge in [0, 0.05) is 23.5 Å². The molecule has 4 heteroatoms. The lowest BCUT2D eigenvalue weighted by Crippen LogP contribution is -2.04. The van der Waals surface area contributed by atoms with Crippen LogP contribution in [-0.4, -0.2) is 0 Å². The Hall–Kier alpha value is -1.94. The summed E-state index contributed by atoms with van der Waals surface area (Å²) in [6.07, 6.45) is 0. The minimum absolute atomic E-state index is 0.107. The molecule has 0 amide bonds. The molecule has 0 unspecified atom stereocenters. The predicted molar refractivity (Wildman–Crippen MR) is 64.0 cm³/mol. The van der Waals surface area contributed by atoms with Crippen LogP contribution in [0.5, 0.6) is 0 Å². The van der Waals surface area contributed by atoms with Crippen molar-refractivity contribution in [2.24, 2.45) is 5.73 Å². The number of hydrogen-bond donors (Lipinski definition) is 2. The first-order valence-corrected chi connectivity index (χ1v) is 5.21. The lowest BCUT2D eigenvalue weighted by atomic mass is 10.1. The van der Waals surface area contributed by atoms with Crippen LogP contribution in [0, 0.1) is 11.6 Å². The standard InChI is InChI=1S/C13H12F2N2/c14-9-4-6-10(7-5-9)17-13-3-1-2-12(15)11(13)8-16/h1-7,17H,8,16H2. The van der Waals surface area contributed by atoms with E-state index in [9.17, 15) is 8.78 Å². The maximum Gasteiger partial charge on any atom is 0.129 e. The summed E-state index contributed by atoms with van der Waals surface area (Å²) in [7, 11) is 0. The van der Waals surface area contributed by atoms with Gasteiger partial charge in [-0.05, 0) is 36.4 Å². The molecule has 88 valence electrons. The van der Waals surface area contributed by atoms with Crippen molar-refractivity contribution in [1.82, 2.24) is 0 Å². The minimum atomic E-state index is -0.348. The van der Waals surface area contributed by atoms with E-state index in [1.165, 1.54) is 18.2 Å². The number of rotatable bonds is 3. The zero-order valence-electron chi connectivity index (χ0n) is 9.08. The van der Waals surface area contributed by atoms with Gasteiger partial charge in [-0.25, -0.2) is 8.78 Å². The molecular formula is C13H12F2N2. The van der Waals surface area contributed by atoms with Crippen LogP contribution in [-0.2, 0) is 6.54 Å². The fourth-order valence-corrected chi connectivity index (χ4v) is 1.57. The molecule has 0 spiro atoms. The number of nitrogens with two attached hydrogens (primary N) is 1. The summed E-state index contributed by atoms with van der Waals surface area (Å²) in [6.45, 7) is 0.107. The van der Waals surface area contributed by atoms with Crippen LogP contribution in [0.1, 0.15) is 5.56 Å². The van der Waals surface area contributed by atoms with E-state index >= 15 is 0 Å². The summed E-state index contributed by atoms with van der Waals surface area (Å²) in [4.78, 5) is 0. The normalized spacial score (nSPS) is 10.3. The maximum absolute atomic E-state index is 13.4. The molecule has 0 aromatic heterocycles. The molecule has 17 heavy (non-hydrogen) atoms. The van der Waals surface area contributed by atoms with Crippen LogP contribution < -0.4 is 11.1 Å². The van der Waals surface area contributed by atoms with Crippen molar-refractivity contribution in [3.8, 4) is 0 Å². The Kier molecular flexibility index (Phi) is 3.35. The third-order valence-corrected chi connectivity index (χ3v) is 2.45. The fraction of sp³-hybridized carbons (Fsp3) is 0.0769. The van der Waals surface area contributed by atoms with Gasteiger partial charge in [-0.15, -0.1) is 0 Å². The lowest BCUT2D eigenvalue weighted by Gasteiger charge is -2.11. The van der Waals surface area contributed by atoms with Crippen LogP contribution in [0.3, 0.4) is 0 Å². The van der Waals surface area contributed by atoms with Crippen molar-refractivity contribution in [3.05, 3.63) is 59.7 Å². The zero-order chi connectivity index (χ0) is 12.3. The first-order valence-electron chi connectivity index (χ1n) is 5.21. The molecule has 0 atom stereocenters. The van der Waals surface area contributed by atoms with Crippen molar-refractivity contribution >= 4 is 11.4 Å². The number of benzene rings is 2. The van der Waals surface area contributed by atoms with Gasteiger partial charge in [0.05, 0.1) is 0 Å². The van der Waals surface area contributed by atoms with E-state index < -0.39 is 0 Å². The highest BCUT2D eigenvalue weighted by Gasteiger charge is 2.06. The van der Waals surface area contributed by atoms with E-state index in [-0.39, 0.29) is 18.2 Å². The van der Waals surface area contributed by atoms with E-state index in [2.05, 4.69) is 5.32 Å². The Labute approximate surface area is 98.1 Å². The SMILES string of the molecule is NCc1c(F)cccc1Nc1ccc(F)cc1. The van der Waals surface area contributed by atoms with Gasteiger partial charge in [-0.1, -0.05) is 6.07 Å². The minimum Gasteiger partial charge on any atom is -0.355 e. The molecule has 0 saturated carbocycles. The largest absolute Gasteiger partial charge is 0.355 e. The van der Waals surface area contributed by atoms with Crippen molar-refractivity contribution in [3.63, 3.8) is 0 Å². The fourth-order valence-electron chi connectivity index (χ4n) is 1.57. The van der Waals surface area contributed by atoms with Gasteiger partial charge < -0.3 is 11.1 Å². The van der Waals surface area contributed by atoms with Gasteiger partial charge in [-0.3, -0.25) is 0 Å². The van der Waals surface area contributed by atoms with Crippen molar-refractivity contribution in [1.29, 1.82) is 0 Å². The van der Waals surface area contributed by atoms with E-state index in [1.807, 2.05) is 0 Å². The van der Waals surface area contributed by atoms with Crippen LogP contribution >= 0.6 is 0 Å². The zero-order valence-corrected chi connectivity index (χ0v) is 9.08. The molecular weight excluding hydrogens is 222 g/mol. The monoisotopic (exact) mass is 234 g/mol. The number of hydrogen-bond acceptors (Lipinski definition) is 2. The molecule has 0 aliphatic heterocycles. The second-order valence-electron chi connectivity index (χ2n) is 3.60. The molecule has 0 saturated heterocycles. The highest BCUT2D eigenvalue weighted by atomic mass is 19.1. The summed E-state index contributed by atoms with van der Waals surface area (Å²) >= 11 is 0. The quantitative estimate of drug-likeness (QED) is 0.856. The average Bonchev–Trinajstić information content (AvgIpc) is 2.32. The maximum atomic E-state index is 13.4. The average molecular weight is 234 g/mol. The smallest absolute Gasteiger partial charge is 0.129 e. The van der Waals surface area contributed by atoms with Crippen LogP contribution in [0.25, 0.3) is 0 Å². The summed E-state index contributed by atoms with van der Waals surface area (Å²) in [5.41, 5.74) is 7.19. The molecule has 0 fully saturated rings. The predicted octanol–water partition coefficient (Wildman–Crippen LogP) is 3.17. The molecule has 0 aliphatic rings. The van der Waals surface area contributed by atoms with Gasteiger partial charge in [0.2, 0.25) is 0 Å². The van der Waals surface area contributed by atoms with E-state index in [0.717, 1.165) is 0 Å². The van der Waals surface area contributed by atoms with Gasteiger partial charge in [0.25, 0.3) is 0 Å². The third-order valence-electron chi connectivity index (χ3n) is 2.45. The summed E-state index contributed by atoms with van der Waals surface area (Å²) in [5, 5.41) is 3.00. The molecule has 0 aliphatic carbocycles. The Morgan fingerprint density at radius 3 is 2.35 bits per heavy atom. The summed E-state index contributed by atoms with van der Waals surface area (Å²) in [5.74, 6) is -0.659. The number of nitrogens with one attached hydrogen (secondary N) is 1. The van der Waals surface area contributed by atoms with Crippen LogP contribution in [0.2, 0.25) is 0 Å². The molecule has 0 heterocycles. The molecule has 2 rings (SSSR count). The second-order valence-corrected chi connectivity index (χ2v) is 3.60. The summed E-state index contributed by atoms with van der Waals surface area (Å²) in [6, 6.07) is 10.5. The van der Waals surface area contributed by atoms with E-state index in [1.54, 1.807) is 24.3 Å². The molecule has 2 aromatic rings. The van der Waals surface area contributed by atoms with E-state index in [0.29, 0.717) is 16.9 Å². The Morgan fingerprint density at radius 1 is 1.00 bits per heavy atom. The van der Waals surface area contributed by atoms with Gasteiger partial charge in [0.1, 0.15) is 11.6 Å². The topological polar surface area (TPSA) is 38.0 Å². The van der Waals surface area contributed by atoms with Gasteiger partial charge in [0.15, 0.2) is 0 Å². The van der Waals surface area contributed by atoms with Gasteiger partial charge in [-0.2, -0.15) is 0 Å². The van der Waals surface area contributed by atoms with Crippen LogP contribution in [0.15, 0.2) is 42.5 Å². The molecule has 2 nitrogen and oxygen atoms in total. The number of anilines is 2. The van der Waals surface area contributed by atoms with Crippen molar-refractivity contribution in [2.75, 3.05) is 5.32 Å². The van der Waals surface area contributed by atoms with Crippen LogP contribution in [0.4, 0.5) is 20.2 Å². The molecule has 0 bridgehead atoms. The highest BCUT2D eigenvalue weighted by molar-refractivity contribution is 5.63. The Balaban J connectivity index is 2.29. The Morgan fingerprint density at radius 2 is 1.71 bits per heavy atom. The number of halogens is 2. The first kappa shape index (κ1) is 11.5. The lowest BCUT2D eigenvalue weighted by molar-refractivity contribution is 0.611.